The molecule has 2 unspecified atom stereocenters. The molecule has 3 aromatic rings. The van der Waals surface area contributed by atoms with Crippen LogP contribution < -0.4 is 35.4 Å². The number of methoxy groups -OCH3 is 1. The molecule has 1 aliphatic carbocycles. The highest BCUT2D eigenvalue weighted by atomic mass is 19.1. The topological polar surface area (TPSA) is 190 Å². The van der Waals surface area contributed by atoms with Crippen LogP contribution in [-0.4, -0.2) is 114 Å². The summed E-state index contributed by atoms with van der Waals surface area (Å²) in [6.45, 7) is 3.46. The number of rotatable bonds is 12. The van der Waals surface area contributed by atoms with Crippen molar-refractivity contribution in [3.05, 3.63) is 59.5 Å². The number of aromatic nitrogens is 2. The fourth-order valence-electron chi connectivity index (χ4n) is 10.1. The second-order valence-electron chi connectivity index (χ2n) is 17.3. The number of carbonyl (C=O) groups is 5. The molecule has 8 rings (SSSR count). The number of fused-ring (bicyclic) bond motifs is 1. The van der Waals surface area contributed by atoms with Crippen molar-refractivity contribution >= 4 is 58.4 Å². The van der Waals surface area contributed by atoms with Gasteiger partial charge in [-0.3, -0.25) is 29.3 Å². The van der Waals surface area contributed by atoms with E-state index >= 15 is 4.39 Å². The molecule has 3 atom stereocenters. The molecule has 0 bridgehead atoms. The monoisotopic (exact) mass is 853 g/mol. The number of halogens is 1. The minimum absolute atomic E-state index is 0.0243. The number of carbonyl (C=O) groups excluding carboxylic acids is 5. The van der Waals surface area contributed by atoms with Crippen LogP contribution in [0.2, 0.25) is 0 Å². The Bertz CT molecular complexity index is 2230. The van der Waals surface area contributed by atoms with Gasteiger partial charge in [0.15, 0.2) is 5.82 Å². The van der Waals surface area contributed by atoms with Crippen molar-refractivity contribution in [3.8, 4) is 5.75 Å². The molecule has 62 heavy (non-hydrogen) atoms. The SMILES string of the molecule is CC[C@@H]1C(=O)N(C)c2cnc(Nc3ccc(C(=O)NC4(CCO)CCN(C(=O)C5CCN(c6ccc(C7CCC(=O)NC7=O)cc6F)CC5)C4)cc3OC)nc2N1C1CCCC1. The maximum Gasteiger partial charge on any atom is 0.251 e. The lowest BCUT2D eigenvalue weighted by molar-refractivity contribution is -0.136. The molecule has 4 aliphatic heterocycles. The maximum atomic E-state index is 15.4. The van der Waals surface area contributed by atoms with Crippen LogP contribution in [-0.2, 0) is 19.2 Å². The summed E-state index contributed by atoms with van der Waals surface area (Å²) in [5.41, 5.74) is 1.65. The number of piperidine rings is 2. The summed E-state index contributed by atoms with van der Waals surface area (Å²) in [6.07, 6.45) is 8.89. The number of anilines is 5. The first-order valence-corrected chi connectivity index (χ1v) is 21.9. The third-order valence-electron chi connectivity index (χ3n) is 13.6. The summed E-state index contributed by atoms with van der Waals surface area (Å²) in [5.74, 6) is -0.950. The highest BCUT2D eigenvalue weighted by molar-refractivity contribution is 6.04. The number of likely N-dealkylation sites (N-methyl/N-ethyl adjacent to an activating group) is 1. The Morgan fingerprint density at radius 2 is 1.79 bits per heavy atom. The van der Waals surface area contributed by atoms with Crippen LogP contribution in [0, 0.1) is 11.7 Å². The molecule has 16 nitrogen and oxygen atoms in total. The van der Waals surface area contributed by atoms with Crippen molar-refractivity contribution in [2.75, 3.05) is 67.0 Å². The number of hydrogen-bond donors (Lipinski definition) is 4. The first-order valence-electron chi connectivity index (χ1n) is 21.9. The summed E-state index contributed by atoms with van der Waals surface area (Å²) in [7, 11) is 3.27. The fourth-order valence-corrected chi connectivity index (χ4v) is 10.1. The van der Waals surface area contributed by atoms with E-state index in [-0.39, 0.29) is 67.6 Å². The molecule has 330 valence electrons. The van der Waals surface area contributed by atoms with Gasteiger partial charge in [0.05, 0.1) is 36.1 Å². The summed E-state index contributed by atoms with van der Waals surface area (Å²) in [4.78, 5) is 81.9. The molecule has 1 aromatic heterocycles. The lowest BCUT2D eigenvalue weighted by Gasteiger charge is -2.43. The number of nitrogens with one attached hydrogen (secondary N) is 3. The zero-order chi connectivity index (χ0) is 43.7. The normalized spacial score (nSPS) is 23.4. The molecule has 4 N–H and O–H groups in total. The highest BCUT2D eigenvalue weighted by Gasteiger charge is 2.44. The van der Waals surface area contributed by atoms with Gasteiger partial charge in [0.1, 0.15) is 23.3 Å². The number of hydrogen-bond acceptors (Lipinski definition) is 12. The Balaban J connectivity index is 0.897. The number of nitrogens with zero attached hydrogens (tertiary/aromatic N) is 6. The first kappa shape index (κ1) is 42.8. The van der Waals surface area contributed by atoms with Gasteiger partial charge < -0.3 is 40.1 Å². The van der Waals surface area contributed by atoms with Crippen LogP contribution in [0.4, 0.5) is 33.2 Å². The number of benzene rings is 2. The van der Waals surface area contributed by atoms with Gasteiger partial charge in [-0.25, -0.2) is 9.37 Å². The molecule has 1 saturated carbocycles. The van der Waals surface area contributed by atoms with E-state index in [4.69, 9.17) is 9.72 Å². The summed E-state index contributed by atoms with van der Waals surface area (Å²) in [6, 6.07) is 9.72. The van der Waals surface area contributed by atoms with E-state index in [1.165, 1.54) is 13.2 Å². The molecular formula is C45H56FN9O7. The molecule has 5 amide bonds. The Morgan fingerprint density at radius 3 is 2.48 bits per heavy atom. The Labute approximate surface area is 360 Å². The lowest BCUT2D eigenvalue weighted by atomic mass is 9.90. The zero-order valence-corrected chi connectivity index (χ0v) is 35.6. The smallest absolute Gasteiger partial charge is 0.251 e. The highest BCUT2D eigenvalue weighted by Crippen LogP contribution is 2.41. The van der Waals surface area contributed by atoms with E-state index in [9.17, 15) is 29.1 Å². The van der Waals surface area contributed by atoms with Crippen LogP contribution in [0.25, 0.3) is 0 Å². The Morgan fingerprint density at radius 1 is 1.02 bits per heavy atom. The molecule has 3 saturated heterocycles. The number of imide groups is 1. The number of aliphatic hydroxyl groups is 1. The standard InChI is InChI=1S/C45H56FN9O7/c1-4-34-43(61)52(2)36-25-47-44(50-39(36)55(34)30-7-5-6-8-30)48-33-12-9-29(24-37(33)62-3)40(58)51-45(18-22-56)17-21-54(26-45)42(60)27-15-19-53(20-16-27)35-13-10-28(23-32(35)46)31-11-14-38(57)49-41(31)59/h9-10,12-13,23-25,27,30-31,34,56H,4-8,11,14-22,26H2,1-3H3,(H,51,58)(H,47,48,50)(H,49,57,59)/t31?,34-,45?/m1/s1. The Kier molecular flexibility index (Phi) is 12.3. The molecule has 4 fully saturated rings. The first-order chi connectivity index (χ1) is 29.9. The van der Waals surface area contributed by atoms with E-state index in [0.29, 0.717) is 97.4 Å². The average Bonchev–Trinajstić information content (AvgIpc) is 3.96. The summed E-state index contributed by atoms with van der Waals surface area (Å²) in [5, 5.41) is 18.8. The van der Waals surface area contributed by atoms with Crippen molar-refractivity contribution in [1.82, 2.24) is 25.5 Å². The van der Waals surface area contributed by atoms with Crippen LogP contribution in [0.15, 0.2) is 42.6 Å². The molecule has 2 aromatic carbocycles. The predicted octanol–water partition coefficient (Wildman–Crippen LogP) is 4.39. The van der Waals surface area contributed by atoms with Crippen molar-refractivity contribution in [2.45, 2.75) is 101 Å². The van der Waals surface area contributed by atoms with Crippen molar-refractivity contribution in [2.24, 2.45) is 5.92 Å². The average molecular weight is 854 g/mol. The quantitative estimate of drug-likeness (QED) is 0.189. The van der Waals surface area contributed by atoms with E-state index in [0.717, 1.165) is 25.7 Å². The second-order valence-corrected chi connectivity index (χ2v) is 17.3. The Hall–Kier alpha value is -5.84. The van der Waals surface area contributed by atoms with Gasteiger partial charge in [-0.1, -0.05) is 25.8 Å². The number of ether oxygens (including phenoxy) is 1. The van der Waals surface area contributed by atoms with Crippen molar-refractivity contribution in [3.63, 3.8) is 0 Å². The van der Waals surface area contributed by atoms with Gasteiger partial charge >= 0.3 is 0 Å². The molecule has 5 aliphatic rings. The van der Waals surface area contributed by atoms with Gasteiger partial charge in [0, 0.05) is 63.8 Å². The third-order valence-corrected chi connectivity index (χ3v) is 13.6. The molecular weight excluding hydrogens is 798 g/mol. The molecule has 0 radical (unpaired) electrons. The molecule has 0 spiro atoms. The number of amides is 5. The number of aliphatic hydroxyl groups excluding tert-OH is 1. The van der Waals surface area contributed by atoms with Gasteiger partial charge in [-0.05, 0) is 87.3 Å². The summed E-state index contributed by atoms with van der Waals surface area (Å²) < 4.78 is 21.1. The van der Waals surface area contributed by atoms with Gasteiger partial charge in [0.2, 0.25) is 29.6 Å². The molecule has 5 heterocycles. The van der Waals surface area contributed by atoms with E-state index in [1.807, 2.05) is 11.8 Å². The predicted molar refractivity (Wildman–Crippen MR) is 230 cm³/mol. The van der Waals surface area contributed by atoms with Crippen LogP contribution >= 0.6 is 0 Å². The fraction of sp³-hybridized carbons (Fsp3) is 0.533. The second kappa shape index (κ2) is 17.9. The zero-order valence-electron chi connectivity index (χ0n) is 35.6. The van der Waals surface area contributed by atoms with Crippen LogP contribution in [0.3, 0.4) is 0 Å². The van der Waals surface area contributed by atoms with Crippen LogP contribution in [0.5, 0.6) is 5.75 Å². The van der Waals surface area contributed by atoms with Crippen molar-refractivity contribution < 1.29 is 38.2 Å². The largest absolute Gasteiger partial charge is 0.495 e. The van der Waals surface area contributed by atoms with Gasteiger partial charge in [0.25, 0.3) is 5.91 Å². The van der Waals surface area contributed by atoms with E-state index in [1.54, 1.807) is 53.4 Å². The minimum Gasteiger partial charge on any atom is -0.495 e. The minimum atomic E-state index is -0.840. The van der Waals surface area contributed by atoms with Crippen LogP contribution in [0.1, 0.15) is 99.4 Å². The van der Waals surface area contributed by atoms with E-state index < -0.39 is 23.2 Å². The van der Waals surface area contributed by atoms with Gasteiger partial charge in [-0.15, -0.1) is 0 Å². The summed E-state index contributed by atoms with van der Waals surface area (Å²) >= 11 is 0. The molecule has 17 heteroatoms. The maximum absolute atomic E-state index is 15.4. The third kappa shape index (κ3) is 8.38. The van der Waals surface area contributed by atoms with Gasteiger partial charge in [-0.2, -0.15) is 4.98 Å². The van der Waals surface area contributed by atoms with E-state index in [2.05, 4.69) is 25.8 Å². The lowest BCUT2D eigenvalue weighted by Crippen LogP contribution is -2.55. The van der Waals surface area contributed by atoms with Crippen molar-refractivity contribution in [1.29, 1.82) is 0 Å². The number of likely N-dealkylation sites (tertiary alicyclic amines) is 1.